The van der Waals surface area contributed by atoms with Gasteiger partial charge in [-0.3, -0.25) is 19.4 Å². The summed E-state index contributed by atoms with van der Waals surface area (Å²) < 4.78 is 11.5. The van der Waals surface area contributed by atoms with Gasteiger partial charge in [0.05, 0.1) is 18.4 Å². The first kappa shape index (κ1) is 34.3. The third kappa shape index (κ3) is 11.1. The zero-order valence-electron chi connectivity index (χ0n) is 24.9. The van der Waals surface area contributed by atoms with Crippen LogP contribution in [0.25, 0.3) is 0 Å². The van der Waals surface area contributed by atoms with Crippen molar-refractivity contribution in [2.45, 2.75) is 103 Å². The number of nitrogens with two attached hydrogens (primary N) is 3. The molecule has 1 aliphatic heterocycles. The maximum absolute atomic E-state index is 12.5. The molecule has 0 aromatic carbocycles. The van der Waals surface area contributed by atoms with E-state index in [1.165, 1.54) is 5.57 Å². The van der Waals surface area contributed by atoms with E-state index >= 15 is 0 Å². The molecule has 9 atom stereocenters. The van der Waals surface area contributed by atoms with Crippen LogP contribution in [0, 0.1) is 29.6 Å². The number of hydrogen-bond donors (Lipinski definition) is 5. The molecule has 1 heterocycles. The van der Waals surface area contributed by atoms with E-state index in [-0.39, 0.29) is 48.4 Å². The van der Waals surface area contributed by atoms with E-state index in [4.69, 9.17) is 31.8 Å². The number of carboxylic acids is 1. The van der Waals surface area contributed by atoms with Crippen molar-refractivity contribution in [1.82, 2.24) is 0 Å². The zero-order valence-corrected chi connectivity index (χ0v) is 24.9. The lowest BCUT2D eigenvalue weighted by Crippen LogP contribution is -2.42. The van der Waals surface area contributed by atoms with Crippen molar-refractivity contribution in [1.29, 1.82) is 0 Å². The summed E-state index contributed by atoms with van der Waals surface area (Å²) in [7, 11) is 0. The minimum absolute atomic E-state index is 0.0129. The number of nitrogens with zero attached hydrogens (tertiary/aromatic N) is 1. The predicted molar refractivity (Wildman–Crippen MR) is 156 cm³/mol. The van der Waals surface area contributed by atoms with Crippen LogP contribution in [0.4, 0.5) is 0 Å². The Morgan fingerprint density at radius 2 is 1.93 bits per heavy atom. The minimum atomic E-state index is -1.00. The third-order valence-electron chi connectivity index (χ3n) is 8.22. The second kappa shape index (κ2) is 16.5. The standard InChI is InChI=1S/C24H36O5.C6H14N4O2/c1-5-15(3)24(27)29-21-11-14(2)10-17-7-6-16(4)20(23(17)21)9-8-19-12-18(25)13-22(26)28-19;7-4(5(11)12)2-1-3-10-6(8)9/h6-7,10,14-16,18-21,23,25H,5,8-9,11-13H2,1-4H3;4H,1-3,7H2,(H,11,12)(H4,8,9,10)/t14-,15-,16-,18+,19+,20-,21-,23-;4-/m00/s1. The van der Waals surface area contributed by atoms with Crippen LogP contribution in [0.2, 0.25) is 0 Å². The van der Waals surface area contributed by atoms with Gasteiger partial charge < -0.3 is 36.9 Å². The lowest BCUT2D eigenvalue weighted by Gasteiger charge is -2.43. The Kier molecular flexibility index (Phi) is 13.8. The summed E-state index contributed by atoms with van der Waals surface area (Å²) in [6, 6.07) is -0.820. The van der Waals surface area contributed by atoms with E-state index in [2.05, 4.69) is 37.1 Å². The lowest BCUT2D eigenvalue weighted by atomic mass is 9.65. The molecule has 41 heavy (non-hydrogen) atoms. The number of aliphatic carboxylic acids is 1. The molecular weight excluding hydrogens is 528 g/mol. The number of guanidine groups is 1. The summed E-state index contributed by atoms with van der Waals surface area (Å²) in [5.41, 5.74) is 16.6. The molecule has 0 amide bonds. The van der Waals surface area contributed by atoms with Crippen LogP contribution in [0.1, 0.15) is 79.1 Å². The molecule has 8 N–H and O–H groups in total. The summed E-state index contributed by atoms with van der Waals surface area (Å²) in [5.74, 6) is -0.233. The number of ether oxygens (including phenoxy) is 2. The van der Waals surface area contributed by atoms with Crippen LogP contribution in [0.3, 0.4) is 0 Å². The molecule has 0 saturated carbocycles. The second-order valence-electron chi connectivity index (χ2n) is 11.7. The van der Waals surface area contributed by atoms with Gasteiger partial charge in [-0.25, -0.2) is 0 Å². The van der Waals surface area contributed by atoms with Gasteiger partial charge in [0.2, 0.25) is 0 Å². The van der Waals surface area contributed by atoms with Gasteiger partial charge in [-0.1, -0.05) is 45.9 Å². The van der Waals surface area contributed by atoms with Crippen molar-refractivity contribution in [2.75, 3.05) is 6.54 Å². The summed E-state index contributed by atoms with van der Waals surface area (Å²) in [6.07, 6.45) is 10.7. The third-order valence-corrected chi connectivity index (χ3v) is 8.22. The molecule has 3 rings (SSSR count). The Balaban J connectivity index is 0.000000415. The molecule has 0 radical (unpaired) electrons. The molecule has 11 heteroatoms. The number of carbonyl (C=O) groups excluding carboxylic acids is 2. The number of rotatable bonds is 11. The van der Waals surface area contributed by atoms with E-state index < -0.39 is 18.1 Å². The molecule has 232 valence electrons. The number of allylic oxidation sites excluding steroid dienone is 3. The van der Waals surface area contributed by atoms with Crippen LogP contribution >= 0.6 is 0 Å². The largest absolute Gasteiger partial charge is 0.480 e. The molecule has 0 bridgehead atoms. The molecule has 0 aromatic rings. The van der Waals surface area contributed by atoms with Gasteiger partial charge in [0, 0.05) is 18.9 Å². The Bertz CT molecular complexity index is 978. The molecular formula is C30H50N4O7. The van der Waals surface area contributed by atoms with Crippen molar-refractivity contribution in [3.05, 3.63) is 23.8 Å². The summed E-state index contributed by atoms with van der Waals surface area (Å²) in [5, 5.41) is 18.3. The van der Waals surface area contributed by atoms with Gasteiger partial charge in [0.25, 0.3) is 0 Å². The maximum Gasteiger partial charge on any atom is 0.320 e. The normalized spacial score (nSPS) is 30.3. The molecule has 0 unspecified atom stereocenters. The smallest absolute Gasteiger partial charge is 0.320 e. The van der Waals surface area contributed by atoms with Crippen LogP contribution in [-0.4, -0.2) is 65.0 Å². The number of aliphatic hydroxyl groups is 1. The van der Waals surface area contributed by atoms with Crippen LogP contribution in [0.15, 0.2) is 28.8 Å². The van der Waals surface area contributed by atoms with Gasteiger partial charge in [0.1, 0.15) is 18.2 Å². The average Bonchev–Trinajstić information content (AvgIpc) is 2.89. The summed E-state index contributed by atoms with van der Waals surface area (Å²) >= 11 is 0. The van der Waals surface area contributed by atoms with Crippen molar-refractivity contribution >= 4 is 23.9 Å². The molecule has 0 spiro atoms. The monoisotopic (exact) mass is 578 g/mol. The number of aliphatic imine (C=N–C) groups is 1. The SMILES string of the molecule is CC[C@H](C)C(=O)O[C@H]1C[C@@H](C)C=C2C=C[C@H](C)[C@H](CC[C@@H]3C[C@@H](O)CC(=O)O3)[C@H]21.NC(N)=NCCC[C@H](N)C(=O)O. The quantitative estimate of drug-likeness (QED) is 0.105. The van der Waals surface area contributed by atoms with Gasteiger partial charge in [-0.05, 0) is 61.9 Å². The minimum Gasteiger partial charge on any atom is -0.480 e. The first-order chi connectivity index (χ1) is 19.3. The number of cyclic esters (lactones) is 1. The number of fused-ring (bicyclic) bond motifs is 1. The van der Waals surface area contributed by atoms with Gasteiger partial charge >= 0.3 is 17.9 Å². The highest BCUT2D eigenvalue weighted by molar-refractivity contribution is 5.75. The van der Waals surface area contributed by atoms with E-state index in [0.717, 1.165) is 25.7 Å². The summed E-state index contributed by atoms with van der Waals surface area (Å²) in [6.45, 7) is 8.75. The van der Waals surface area contributed by atoms with Crippen molar-refractivity contribution < 1.29 is 34.1 Å². The first-order valence-corrected chi connectivity index (χ1v) is 14.8. The predicted octanol–water partition coefficient (Wildman–Crippen LogP) is 2.65. The highest BCUT2D eigenvalue weighted by Gasteiger charge is 2.42. The number of aliphatic hydroxyl groups excluding tert-OH is 1. The van der Waals surface area contributed by atoms with E-state index in [1.54, 1.807) is 0 Å². The number of carboxylic acid groups (broad SMARTS) is 1. The Labute approximate surface area is 243 Å². The lowest BCUT2D eigenvalue weighted by molar-refractivity contribution is -0.162. The van der Waals surface area contributed by atoms with Crippen LogP contribution < -0.4 is 17.2 Å². The fourth-order valence-corrected chi connectivity index (χ4v) is 5.71. The fraction of sp³-hybridized carbons (Fsp3) is 0.733. The molecule has 1 saturated heterocycles. The van der Waals surface area contributed by atoms with E-state index in [9.17, 15) is 19.5 Å². The van der Waals surface area contributed by atoms with Gasteiger partial charge in [-0.15, -0.1) is 0 Å². The van der Waals surface area contributed by atoms with Crippen molar-refractivity contribution in [3.63, 3.8) is 0 Å². The molecule has 11 nitrogen and oxygen atoms in total. The number of hydrogen-bond acceptors (Lipinski definition) is 8. The number of esters is 2. The van der Waals surface area contributed by atoms with Crippen molar-refractivity contribution in [3.8, 4) is 0 Å². The van der Waals surface area contributed by atoms with E-state index in [0.29, 0.717) is 43.6 Å². The Morgan fingerprint density at radius 3 is 2.54 bits per heavy atom. The Morgan fingerprint density at radius 1 is 1.22 bits per heavy atom. The second-order valence-corrected chi connectivity index (χ2v) is 11.7. The molecule has 1 fully saturated rings. The van der Waals surface area contributed by atoms with E-state index in [1.807, 2.05) is 13.8 Å². The first-order valence-electron chi connectivity index (χ1n) is 14.8. The van der Waals surface area contributed by atoms with Gasteiger partial charge in [0.15, 0.2) is 5.96 Å². The highest BCUT2D eigenvalue weighted by Crippen LogP contribution is 2.45. The van der Waals surface area contributed by atoms with Crippen LogP contribution in [0.5, 0.6) is 0 Å². The molecule has 2 aliphatic carbocycles. The molecule has 0 aromatic heterocycles. The zero-order chi connectivity index (χ0) is 30.7. The highest BCUT2D eigenvalue weighted by atomic mass is 16.6. The fourth-order valence-electron chi connectivity index (χ4n) is 5.71. The Hall–Kier alpha value is -2.92. The van der Waals surface area contributed by atoms with Crippen LogP contribution in [-0.2, 0) is 23.9 Å². The van der Waals surface area contributed by atoms with Gasteiger partial charge in [-0.2, -0.15) is 0 Å². The number of carbonyl (C=O) groups is 3. The van der Waals surface area contributed by atoms with Crippen molar-refractivity contribution in [2.24, 2.45) is 51.8 Å². The molecule has 3 aliphatic rings. The topological polar surface area (TPSA) is 201 Å². The maximum atomic E-state index is 12.5. The average molecular weight is 579 g/mol. The summed E-state index contributed by atoms with van der Waals surface area (Å²) in [4.78, 5) is 38.1.